The number of rotatable bonds is 7. The summed E-state index contributed by atoms with van der Waals surface area (Å²) in [5.74, 6) is 1.80. The first kappa shape index (κ1) is 31.4. The highest BCUT2D eigenvalue weighted by Gasteiger charge is 2.23. The van der Waals surface area contributed by atoms with Crippen molar-refractivity contribution in [2.75, 3.05) is 4.90 Å². The molecule has 0 radical (unpaired) electrons. The Hall–Kier alpha value is -7.37. The van der Waals surface area contributed by atoms with Crippen molar-refractivity contribution in [1.29, 1.82) is 0 Å². The van der Waals surface area contributed by atoms with E-state index < -0.39 is 0 Å². The van der Waals surface area contributed by atoms with E-state index in [4.69, 9.17) is 19.4 Å². The Morgan fingerprint density at radius 2 is 0.870 bits per heavy atom. The lowest BCUT2D eigenvalue weighted by Gasteiger charge is -2.26. The van der Waals surface area contributed by atoms with Crippen molar-refractivity contribution in [3.05, 3.63) is 194 Å². The van der Waals surface area contributed by atoms with Gasteiger partial charge in [0, 0.05) is 38.8 Å². The minimum Gasteiger partial charge on any atom is -0.454 e. The fraction of sp³-hybridized carbons (Fsp3) is 0. The molecule has 0 N–H and O–H groups in total. The van der Waals surface area contributed by atoms with Crippen LogP contribution in [0.4, 0.5) is 17.1 Å². The van der Waals surface area contributed by atoms with Crippen LogP contribution in [-0.4, -0.2) is 15.0 Å². The molecule has 0 bridgehead atoms. The Labute approximate surface area is 312 Å². The summed E-state index contributed by atoms with van der Waals surface area (Å²) in [5, 5.41) is 4.31. The van der Waals surface area contributed by atoms with Crippen LogP contribution < -0.4 is 4.90 Å². The Balaban J connectivity index is 1.27. The van der Waals surface area contributed by atoms with Gasteiger partial charge in [0.1, 0.15) is 5.58 Å². The molecule has 254 valence electrons. The van der Waals surface area contributed by atoms with Crippen LogP contribution in [0.25, 0.3) is 78.0 Å². The predicted octanol–water partition coefficient (Wildman–Crippen LogP) is 13.1. The van der Waals surface area contributed by atoms with Gasteiger partial charge in [0.25, 0.3) is 0 Å². The molecule has 5 heteroatoms. The summed E-state index contributed by atoms with van der Waals surface area (Å²) in [7, 11) is 0. The third kappa shape index (κ3) is 5.65. The standard InChI is InChI=1S/C49H32N4O/c1-5-15-33(16-6-1)34-25-28-40(29-26-34)53(39-22-11-4-12-23-39)43-32-38(31-42-45-41-24-14-13-17-35(41)27-30-44(45)54-46(42)43)49-51-47(36-18-7-2-8-19-36)50-48(52-49)37-20-9-3-10-21-37/h1-32H. The smallest absolute Gasteiger partial charge is 0.164 e. The Kier molecular flexibility index (Phi) is 7.73. The summed E-state index contributed by atoms with van der Waals surface area (Å²) in [6, 6.07) is 66.8. The maximum absolute atomic E-state index is 6.89. The molecule has 0 aliphatic heterocycles. The van der Waals surface area contributed by atoms with Crippen molar-refractivity contribution in [2.24, 2.45) is 0 Å². The van der Waals surface area contributed by atoms with Crippen molar-refractivity contribution >= 4 is 49.8 Å². The fourth-order valence-corrected chi connectivity index (χ4v) is 7.30. The molecule has 0 aliphatic rings. The van der Waals surface area contributed by atoms with Crippen molar-refractivity contribution in [3.8, 4) is 45.3 Å². The lowest BCUT2D eigenvalue weighted by molar-refractivity contribution is 0.669. The van der Waals surface area contributed by atoms with Crippen molar-refractivity contribution in [3.63, 3.8) is 0 Å². The number of benzene rings is 8. The van der Waals surface area contributed by atoms with Gasteiger partial charge in [-0.2, -0.15) is 0 Å². The number of hydrogen-bond acceptors (Lipinski definition) is 5. The highest BCUT2D eigenvalue weighted by Crippen LogP contribution is 2.46. The van der Waals surface area contributed by atoms with Gasteiger partial charge >= 0.3 is 0 Å². The van der Waals surface area contributed by atoms with Crippen LogP contribution in [0.1, 0.15) is 0 Å². The van der Waals surface area contributed by atoms with Gasteiger partial charge in [0.2, 0.25) is 0 Å². The first-order chi connectivity index (χ1) is 26.8. The van der Waals surface area contributed by atoms with Crippen LogP contribution in [0.5, 0.6) is 0 Å². The third-order valence-corrected chi connectivity index (χ3v) is 9.89. The Bertz CT molecular complexity index is 2850. The predicted molar refractivity (Wildman–Crippen MR) is 221 cm³/mol. The average molecular weight is 693 g/mol. The molecule has 0 amide bonds. The molecule has 5 nitrogen and oxygen atoms in total. The molecule has 0 atom stereocenters. The van der Waals surface area contributed by atoms with E-state index in [0.717, 1.165) is 72.0 Å². The number of para-hydroxylation sites is 1. The second kappa shape index (κ2) is 13.3. The van der Waals surface area contributed by atoms with Gasteiger partial charge in [0.15, 0.2) is 23.1 Å². The van der Waals surface area contributed by atoms with Gasteiger partial charge in [0.05, 0.1) is 5.69 Å². The summed E-state index contributed by atoms with van der Waals surface area (Å²) in [6.45, 7) is 0. The monoisotopic (exact) mass is 692 g/mol. The quantitative estimate of drug-likeness (QED) is 0.166. The second-order valence-electron chi connectivity index (χ2n) is 13.3. The van der Waals surface area contributed by atoms with E-state index in [1.807, 2.05) is 72.8 Å². The summed E-state index contributed by atoms with van der Waals surface area (Å²) in [4.78, 5) is 17.5. The van der Waals surface area contributed by atoms with Gasteiger partial charge in [-0.3, -0.25) is 0 Å². The fourth-order valence-electron chi connectivity index (χ4n) is 7.30. The number of hydrogen-bond donors (Lipinski definition) is 0. The third-order valence-electron chi connectivity index (χ3n) is 9.89. The molecule has 8 aromatic carbocycles. The van der Waals surface area contributed by atoms with Crippen LogP contribution in [0.3, 0.4) is 0 Å². The van der Waals surface area contributed by atoms with Crippen LogP contribution >= 0.6 is 0 Å². The molecule has 0 fully saturated rings. The zero-order chi connectivity index (χ0) is 35.8. The van der Waals surface area contributed by atoms with Crippen LogP contribution in [0.2, 0.25) is 0 Å². The van der Waals surface area contributed by atoms with Gasteiger partial charge in [-0.05, 0) is 64.4 Å². The summed E-state index contributed by atoms with van der Waals surface area (Å²) < 4.78 is 6.89. The SMILES string of the molecule is c1ccc(-c2ccc(N(c3ccccc3)c3cc(-c4nc(-c5ccccc5)nc(-c5ccccc5)n4)cc4c3oc3ccc5ccccc5c34)cc2)cc1. The van der Waals surface area contributed by atoms with E-state index in [1.165, 1.54) is 5.56 Å². The molecule has 0 saturated heterocycles. The molecule has 2 aromatic heterocycles. The topological polar surface area (TPSA) is 55.1 Å². The van der Waals surface area contributed by atoms with Gasteiger partial charge in [-0.25, -0.2) is 15.0 Å². The van der Waals surface area contributed by atoms with E-state index in [-0.39, 0.29) is 0 Å². The molecule has 10 rings (SSSR count). The lowest BCUT2D eigenvalue weighted by atomic mass is 10.0. The zero-order valence-corrected chi connectivity index (χ0v) is 29.2. The molecular weight excluding hydrogens is 661 g/mol. The normalized spacial score (nSPS) is 11.3. The number of fused-ring (bicyclic) bond motifs is 5. The second-order valence-corrected chi connectivity index (χ2v) is 13.3. The van der Waals surface area contributed by atoms with E-state index in [1.54, 1.807) is 0 Å². The largest absolute Gasteiger partial charge is 0.454 e. The molecule has 10 aromatic rings. The number of anilines is 3. The molecule has 0 spiro atoms. The van der Waals surface area contributed by atoms with E-state index in [0.29, 0.717) is 17.5 Å². The van der Waals surface area contributed by atoms with Gasteiger partial charge in [-0.1, -0.05) is 152 Å². The van der Waals surface area contributed by atoms with Gasteiger partial charge < -0.3 is 9.32 Å². The Morgan fingerprint density at radius 3 is 1.50 bits per heavy atom. The van der Waals surface area contributed by atoms with E-state index in [2.05, 4.69) is 126 Å². The first-order valence-electron chi connectivity index (χ1n) is 18.0. The summed E-state index contributed by atoms with van der Waals surface area (Å²) in [6.07, 6.45) is 0. The van der Waals surface area contributed by atoms with Crippen LogP contribution in [-0.2, 0) is 0 Å². The van der Waals surface area contributed by atoms with E-state index >= 15 is 0 Å². The number of nitrogens with zero attached hydrogens (tertiary/aromatic N) is 4. The minimum absolute atomic E-state index is 0.577. The minimum atomic E-state index is 0.577. The van der Waals surface area contributed by atoms with Crippen molar-refractivity contribution in [1.82, 2.24) is 15.0 Å². The van der Waals surface area contributed by atoms with Gasteiger partial charge in [-0.15, -0.1) is 0 Å². The average Bonchev–Trinajstić information content (AvgIpc) is 3.65. The molecule has 0 saturated carbocycles. The highest BCUT2D eigenvalue weighted by atomic mass is 16.3. The van der Waals surface area contributed by atoms with Crippen LogP contribution in [0.15, 0.2) is 199 Å². The Morgan fingerprint density at radius 1 is 0.370 bits per heavy atom. The molecule has 0 aliphatic carbocycles. The molecular formula is C49H32N4O. The molecule has 54 heavy (non-hydrogen) atoms. The molecule has 2 heterocycles. The maximum atomic E-state index is 6.89. The zero-order valence-electron chi connectivity index (χ0n) is 29.2. The first-order valence-corrected chi connectivity index (χ1v) is 18.0. The highest BCUT2D eigenvalue weighted by molar-refractivity contribution is 6.21. The van der Waals surface area contributed by atoms with Crippen molar-refractivity contribution < 1.29 is 4.42 Å². The summed E-state index contributed by atoms with van der Waals surface area (Å²) >= 11 is 0. The van der Waals surface area contributed by atoms with Crippen molar-refractivity contribution in [2.45, 2.75) is 0 Å². The number of furan rings is 1. The van der Waals surface area contributed by atoms with E-state index in [9.17, 15) is 0 Å². The number of aromatic nitrogens is 3. The molecule has 0 unspecified atom stereocenters. The van der Waals surface area contributed by atoms with Crippen LogP contribution in [0, 0.1) is 0 Å². The summed E-state index contributed by atoms with van der Waals surface area (Å²) in [5.41, 5.74) is 9.48. The lowest BCUT2D eigenvalue weighted by Crippen LogP contribution is -2.10. The maximum Gasteiger partial charge on any atom is 0.164 e.